The average molecular weight is 502 g/mol. The zero-order chi connectivity index (χ0) is 24.7. The maximum atomic E-state index is 12.2. The number of halogens is 2. The zero-order valence-corrected chi connectivity index (χ0v) is 20.3. The van der Waals surface area contributed by atoms with Gasteiger partial charge < -0.3 is 19.9 Å². The van der Waals surface area contributed by atoms with Crippen LogP contribution in [0.4, 0.5) is 4.79 Å². The number of carboxylic acids is 1. The molecule has 0 aliphatic carbocycles. The number of hydrogen-bond donors (Lipinski definition) is 2. The minimum Gasteiger partial charge on any atom is -0.496 e. The molecule has 1 amide bonds. The van der Waals surface area contributed by atoms with Crippen molar-refractivity contribution in [3.05, 3.63) is 87.4 Å². The molecule has 6 nitrogen and oxygen atoms in total. The molecule has 0 bridgehead atoms. The smallest absolute Gasteiger partial charge is 0.407 e. The van der Waals surface area contributed by atoms with Gasteiger partial charge in [-0.15, -0.1) is 0 Å². The van der Waals surface area contributed by atoms with Crippen LogP contribution >= 0.6 is 23.2 Å². The van der Waals surface area contributed by atoms with E-state index in [2.05, 4.69) is 5.32 Å². The first-order valence-electron chi connectivity index (χ1n) is 10.6. The molecule has 2 N–H and O–H groups in total. The van der Waals surface area contributed by atoms with Gasteiger partial charge in [-0.1, -0.05) is 59.6 Å². The van der Waals surface area contributed by atoms with E-state index in [9.17, 15) is 14.7 Å². The number of carbonyl (C=O) groups is 2. The highest BCUT2D eigenvalue weighted by Crippen LogP contribution is 2.29. The molecule has 0 spiro atoms. The van der Waals surface area contributed by atoms with Crippen molar-refractivity contribution in [2.75, 3.05) is 13.7 Å². The van der Waals surface area contributed by atoms with Crippen molar-refractivity contribution >= 4 is 35.3 Å². The highest BCUT2D eigenvalue weighted by Gasteiger charge is 2.15. The molecule has 3 aromatic rings. The van der Waals surface area contributed by atoms with E-state index in [1.165, 1.54) is 0 Å². The van der Waals surface area contributed by atoms with E-state index >= 15 is 0 Å². The first kappa shape index (κ1) is 25.4. The van der Waals surface area contributed by atoms with Gasteiger partial charge in [0.2, 0.25) is 0 Å². The van der Waals surface area contributed by atoms with Crippen molar-refractivity contribution in [1.29, 1.82) is 0 Å². The number of rotatable bonds is 9. The Hall–Kier alpha value is -3.22. The fourth-order valence-corrected chi connectivity index (χ4v) is 3.93. The lowest BCUT2D eigenvalue weighted by Gasteiger charge is -2.14. The summed E-state index contributed by atoms with van der Waals surface area (Å²) in [4.78, 5) is 23.5. The first-order valence-corrected chi connectivity index (χ1v) is 11.4. The van der Waals surface area contributed by atoms with Crippen LogP contribution in [0.5, 0.6) is 5.75 Å². The van der Waals surface area contributed by atoms with E-state index < -0.39 is 18.0 Å². The Labute approximate surface area is 208 Å². The van der Waals surface area contributed by atoms with Gasteiger partial charge in [-0.2, -0.15) is 0 Å². The molecule has 8 heteroatoms. The molecule has 3 aromatic carbocycles. The number of aliphatic carboxylic acids is 1. The van der Waals surface area contributed by atoms with Crippen LogP contribution in [-0.4, -0.2) is 30.9 Å². The number of ether oxygens (including phenoxy) is 2. The lowest BCUT2D eigenvalue weighted by Crippen LogP contribution is -2.24. The molecule has 0 heterocycles. The summed E-state index contributed by atoms with van der Waals surface area (Å²) < 4.78 is 10.7. The summed E-state index contributed by atoms with van der Waals surface area (Å²) in [7, 11) is 1.56. The number of hydrogen-bond acceptors (Lipinski definition) is 4. The molecule has 0 fully saturated rings. The summed E-state index contributed by atoms with van der Waals surface area (Å²) in [6.45, 7) is 2.01. The van der Waals surface area contributed by atoms with Crippen LogP contribution in [0.3, 0.4) is 0 Å². The fraction of sp³-hybridized carbons (Fsp3) is 0.231. The molecule has 178 valence electrons. The Morgan fingerprint density at radius 2 is 1.76 bits per heavy atom. The lowest BCUT2D eigenvalue weighted by atomic mass is 9.95. The summed E-state index contributed by atoms with van der Waals surface area (Å²) in [6, 6.07) is 18.2. The molecule has 0 radical (unpaired) electrons. The van der Waals surface area contributed by atoms with Gasteiger partial charge in [0.1, 0.15) is 5.75 Å². The minimum absolute atomic E-state index is 0.166. The molecule has 1 unspecified atom stereocenters. The Kier molecular flexibility index (Phi) is 8.79. The monoisotopic (exact) mass is 501 g/mol. The second kappa shape index (κ2) is 11.8. The van der Waals surface area contributed by atoms with Crippen molar-refractivity contribution in [1.82, 2.24) is 5.32 Å². The predicted molar refractivity (Wildman–Crippen MR) is 133 cm³/mol. The maximum Gasteiger partial charge on any atom is 0.407 e. The number of alkyl carbamates (subject to hydrolysis) is 1. The van der Waals surface area contributed by atoms with Crippen LogP contribution < -0.4 is 10.1 Å². The number of methoxy groups -OCH3 is 1. The topological polar surface area (TPSA) is 84.9 Å². The van der Waals surface area contributed by atoms with Crippen LogP contribution in [0.2, 0.25) is 10.0 Å². The van der Waals surface area contributed by atoms with Crippen molar-refractivity contribution in [3.8, 4) is 16.9 Å². The summed E-state index contributed by atoms with van der Waals surface area (Å²) in [5.74, 6) is -0.877. The number of benzene rings is 3. The van der Waals surface area contributed by atoms with Crippen molar-refractivity contribution in [3.63, 3.8) is 0 Å². The first-order chi connectivity index (χ1) is 16.3. The van der Waals surface area contributed by atoms with E-state index in [4.69, 9.17) is 32.7 Å². The van der Waals surface area contributed by atoms with E-state index in [0.717, 1.165) is 22.3 Å². The van der Waals surface area contributed by atoms with E-state index in [1.54, 1.807) is 38.3 Å². The van der Waals surface area contributed by atoms with E-state index in [1.807, 2.05) is 36.4 Å². The maximum absolute atomic E-state index is 12.2. The zero-order valence-electron chi connectivity index (χ0n) is 18.8. The number of carboxylic acid groups (broad SMARTS) is 1. The molecule has 0 saturated carbocycles. The van der Waals surface area contributed by atoms with Gasteiger partial charge in [0.05, 0.1) is 19.6 Å². The molecular formula is C26H25Cl2NO5. The van der Waals surface area contributed by atoms with Crippen LogP contribution in [0, 0.1) is 0 Å². The third-order valence-corrected chi connectivity index (χ3v) is 6.00. The Bertz CT molecular complexity index is 1180. The second-order valence-electron chi connectivity index (χ2n) is 7.69. The molecule has 0 aliphatic rings. The molecule has 0 aromatic heterocycles. The van der Waals surface area contributed by atoms with Gasteiger partial charge in [0.25, 0.3) is 0 Å². The van der Waals surface area contributed by atoms with E-state index in [-0.39, 0.29) is 13.2 Å². The van der Waals surface area contributed by atoms with Gasteiger partial charge in [-0.05, 0) is 53.4 Å². The number of nitrogens with one attached hydrogen (secondary N) is 1. The van der Waals surface area contributed by atoms with Gasteiger partial charge in [0, 0.05) is 28.6 Å². The normalized spacial score (nSPS) is 11.5. The van der Waals surface area contributed by atoms with Crippen molar-refractivity contribution in [2.24, 2.45) is 0 Å². The quantitative estimate of drug-likeness (QED) is 0.358. The highest BCUT2D eigenvalue weighted by atomic mass is 35.5. The standard InChI is InChI=1S/C26H25Cl2NO5/c1-16(25(30)31)18-4-3-5-19(12-18)20-7-9-24(33-2)21(13-20)15-29-26(32)34-11-10-17-6-8-22(27)14-23(17)28/h3-9,12-14,16H,10-11,15H2,1-2H3,(H,29,32)(H,30,31). The second-order valence-corrected chi connectivity index (χ2v) is 8.53. The summed E-state index contributed by atoms with van der Waals surface area (Å²) in [5.41, 5.74) is 4.06. The summed E-state index contributed by atoms with van der Waals surface area (Å²) in [5, 5.41) is 13.1. The number of amides is 1. The average Bonchev–Trinajstić information content (AvgIpc) is 2.83. The molecule has 34 heavy (non-hydrogen) atoms. The molecule has 0 saturated heterocycles. The van der Waals surface area contributed by atoms with Gasteiger partial charge in [-0.3, -0.25) is 4.79 Å². The third kappa shape index (κ3) is 6.65. The van der Waals surface area contributed by atoms with Crippen molar-refractivity contribution in [2.45, 2.75) is 25.8 Å². The molecule has 0 aliphatic heterocycles. The number of carbonyl (C=O) groups excluding carboxylic acids is 1. The Morgan fingerprint density at radius 1 is 1.00 bits per heavy atom. The summed E-state index contributed by atoms with van der Waals surface area (Å²) in [6.07, 6.45) is -0.0947. The Balaban J connectivity index is 1.64. The molecular weight excluding hydrogens is 477 g/mol. The van der Waals surface area contributed by atoms with Crippen LogP contribution in [0.15, 0.2) is 60.7 Å². The van der Waals surface area contributed by atoms with Gasteiger partial charge in [-0.25, -0.2) is 4.79 Å². The van der Waals surface area contributed by atoms with Crippen LogP contribution in [0.1, 0.15) is 29.5 Å². The summed E-state index contributed by atoms with van der Waals surface area (Å²) >= 11 is 12.0. The van der Waals surface area contributed by atoms with Crippen LogP contribution in [-0.2, 0) is 22.5 Å². The van der Waals surface area contributed by atoms with E-state index in [0.29, 0.717) is 27.8 Å². The van der Waals surface area contributed by atoms with Crippen molar-refractivity contribution < 1.29 is 24.2 Å². The molecule has 3 rings (SSSR count). The molecule has 1 atom stereocenters. The van der Waals surface area contributed by atoms with Gasteiger partial charge in [0.15, 0.2) is 0 Å². The highest BCUT2D eigenvalue weighted by molar-refractivity contribution is 6.35. The third-order valence-electron chi connectivity index (χ3n) is 5.41. The van der Waals surface area contributed by atoms with Crippen LogP contribution in [0.25, 0.3) is 11.1 Å². The largest absolute Gasteiger partial charge is 0.496 e. The lowest BCUT2D eigenvalue weighted by molar-refractivity contribution is -0.138. The SMILES string of the molecule is COc1ccc(-c2cccc(C(C)C(=O)O)c2)cc1CNC(=O)OCCc1ccc(Cl)cc1Cl. The minimum atomic E-state index is -0.881. The Morgan fingerprint density at radius 3 is 2.47 bits per heavy atom. The predicted octanol–water partition coefficient (Wildman–Crippen LogP) is 6.33. The fourth-order valence-electron chi connectivity index (χ4n) is 3.42. The van der Waals surface area contributed by atoms with Gasteiger partial charge >= 0.3 is 12.1 Å².